The lowest BCUT2D eigenvalue weighted by atomic mass is 9.97. The summed E-state index contributed by atoms with van der Waals surface area (Å²) >= 11 is 1.56. The van der Waals surface area contributed by atoms with Crippen LogP contribution in [-0.4, -0.2) is 44.2 Å². The molecule has 1 unspecified atom stereocenters. The van der Waals surface area contributed by atoms with Crippen molar-refractivity contribution in [2.24, 2.45) is 5.73 Å². The third-order valence-corrected chi connectivity index (χ3v) is 5.50. The molecule has 10 heteroatoms. The first kappa shape index (κ1) is 26.2. The Morgan fingerprint density at radius 2 is 1.65 bits per heavy atom. The summed E-state index contributed by atoms with van der Waals surface area (Å²) in [6.07, 6.45) is 0. The zero-order valence-electron chi connectivity index (χ0n) is 19.2. The molecule has 0 radical (unpaired) electrons. The highest BCUT2D eigenvalue weighted by molar-refractivity contribution is 7.13. The molecule has 0 fully saturated rings. The second-order valence-corrected chi connectivity index (χ2v) is 7.83. The van der Waals surface area contributed by atoms with Gasteiger partial charge in [0.2, 0.25) is 0 Å². The third kappa shape index (κ3) is 6.72. The molecule has 0 saturated heterocycles. The van der Waals surface area contributed by atoms with Crippen molar-refractivity contribution in [1.29, 1.82) is 5.41 Å². The van der Waals surface area contributed by atoms with Crippen LogP contribution in [0.1, 0.15) is 24.1 Å². The number of rotatable bonds is 8. The molecule has 0 saturated carbocycles. The van der Waals surface area contributed by atoms with Crippen LogP contribution in [-0.2, 0) is 14.3 Å². The molecular weight excluding hydrogens is 458 g/mol. The van der Waals surface area contributed by atoms with Crippen molar-refractivity contribution in [3.63, 3.8) is 0 Å². The van der Waals surface area contributed by atoms with Crippen molar-refractivity contribution >= 4 is 34.8 Å². The van der Waals surface area contributed by atoms with Gasteiger partial charge in [0.15, 0.2) is 17.5 Å². The van der Waals surface area contributed by atoms with E-state index >= 15 is 0 Å². The standard InChI is InChI=1S/C22H23N3O4S.C2H4O2/c1-27-17-11-15(19-5-4-10-30-19)16(12-18(17)28-2)20(22(26)29-3)25-14-8-6-13(7-9-14)21(23)24;1-2(3)4/h4-12,20,25H,1-3H3,(H3,23,24);1H3,(H,3,4). The molecule has 0 aliphatic heterocycles. The van der Waals surface area contributed by atoms with Gasteiger partial charge in [-0.3, -0.25) is 10.2 Å². The first-order valence-electron chi connectivity index (χ1n) is 9.99. The highest BCUT2D eigenvalue weighted by Crippen LogP contribution is 2.41. The fourth-order valence-corrected chi connectivity index (χ4v) is 3.84. The number of carbonyl (C=O) groups excluding carboxylic acids is 1. The lowest BCUT2D eigenvalue weighted by Gasteiger charge is -2.22. The number of nitrogens with two attached hydrogens (primary N) is 1. The molecule has 3 aromatic rings. The van der Waals surface area contributed by atoms with E-state index in [1.54, 1.807) is 55.9 Å². The van der Waals surface area contributed by atoms with E-state index in [4.69, 9.17) is 35.3 Å². The quantitative estimate of drug-likeness (QED) is 0.212. The van der Waals surface area contributed by atoms with Gasteiger partial charge in [0.05, 0.1) is 21.3 Å². The second kappa shape index (κ2) is 12.3. The van der Waals surface area contributed by atoms with Gasteiger partial charge in [-0.15, -0.1) is 11.3 Å². The summed E-state index contributed by atoms with van der Waals surface area (Å²) in [7, 11) is 4.47. The lowest BCUT2D eigenvalue weighted by molar-refractivity contribution is -0.141. The number of ether oxygens (including phenoxy) is 3. The van der Waals surface area contributed by atoms with Gasteiger partial charge in [-0.05, 0) is 53.4 Å². The summed E-state index contributed by atoms with van der Waals surface area (Å²) in [5.41, 5.74) is 8.33. The maximum absolute atomic E-state index is 12.8. The van der Waals surface area contributed by atoms with Gasteiger partial charge < -0.3 is 30.4 Å². The van der Waals surface area contributed by atoms with Gasteiger partial charge in [0.1, 0.15) is 5.84 Å². The highest BCUT2D eigenvalue weighted by Gasteiger charge is 2.27. The van der Waals surface area contributed by atoms with E-state index in [0.717, 1.165) is 17.4 Å². The second-order valence-electron chi connectivity index (χ2n) is 6.88. The molecule has 9 nitrogen and oxygen atoms in total. The minimum Gasteiger partial charge on any atom is -0.493 e. The molecule has 1 atom stereocenters. The Kier molecular flexibility index (Phi) is 9.45. The molecular formula is C24H27N3O6S. The first-order valence-corrected chi connectivity index (χ1v) is 10.9. The first-order chi connectivity index (χ1) is 16.2. The van der Waals surface area contributed by atoms with Crippen LogP contribution >= 0.6 is 11.3 Å². The number of hydrogen-bond acceptors (Lipinski definition) is 8. The Hall–Kier alpha value is -4.05. The number of carboxylic acids is 1. The van der Waals surface area contributed by atoms with E-state index in [0.29, 0.717) is 28.3 Å². The van der Waals surface area contributed by atoms with Gasteiger partial charge in [0.25, 0.3) is 5.97 Å². The molecule has 1 heterocycles. The summed E-state index contributed by atoms with van der Waals surface area (Å²) in [5.74, 6) is -0.226. The topological polar surface area (TPSA) is 144 Å². The number of nitrogen functional groups attached to an aromatic ring is 1. The predicted octanol–water partition coefficient (Wildman–Crippen LogP) is 4.13. The normalized spacial score (nSPS) is 10.8. The summed E-state index contributed by atoms with van der Waals surface area (Å²) in [6, 6.07) is 13.7. The fraction of sp³-hybridized carbons (Fsp3) is 0.208. The van der Waals surface area contributed by atoms with Gasteiger partial charge >= 0.3 is 5.97 Å². The van der Waals surface area contributed by atoms with Crippen molar-refractivity contribution < 1.29 is 28.9 Å². The van der Waals surface area contributed by atoms with Crippen LogP contribution in [0.5, 0.6) is 11.5 Å². The van der Waals surface area contributed by atoms with E-state index in [-0.39, 0.29) is 5.84 Å². The van der Waals surface area contributed by atoms with Crippen LogP contribution in [0.15, 0.2) is 53.9 Å². The van der Waals surface area contributed by atoms with E-state index < -0.39 is 18.0 Å². The molecule has 0 spiro atoms. The number of aliphatic carboxylic acids is 1. The Balaban J connectivity index is 0.000000945. The smallest absolute Gasteiger partial charge is 0.333 e. The number of nitrogens with one attached hydrogen (secondary N) is 2. The largest absolute Gasteiger partial charge is 0.493 e. The number of carbonyl (C=O) groups is 2. The molecule has 34 heavy (non-hydrogen) atoms. The highest BCUT2D eigenvalue weighted by atomic mass is 32.1. The van der Waals surface area contributed by atoms with Gasteiger partial charge in [0, 0.05) is 28.6 Å². The van der Waals surface area contributed by atoms with Crippen molar-refractivity contribution in [3.8, 4) is 21.9 Å². The van der Waals surface area contributed by atoms with Gasteiger partial charge in [-0.2, -0.15) is 0 Å². The number of thiophene rings is 1. The van der Waals surface area contributed by atoms with Gasteiger partial charge in [-0.25, -0.2) is 4.79 Å². The van der Waals surface area contributed by atoms with Crippen molar-refractivity contribution in [1.82, 2.24) is 0 Å². The van der Waals surface area contributed by atoms with Crippen molar-refractivity contribution in [2.75, 3.05) is 26.6 Å². The maximum Gasteiger partial charge on any atom is 0.333 e. The van der Waals surface area contributed by atoms with E-state index in [1.165, 1.54) is 7.11 Å². The van der Waals surface area contributed by atoms with E-state index in [9.17, 15) is 4.79 Å². The average Bonchev–Trinajstić information content (AvgIpc) is 3.36. The SMILES string of the molecule is CC(=O)O.COC(=O)C(Nc1ccc(C(=N)N)cc1)c1cc(OC)c(OC)cc1-c1cccs1. The Bertz CT molecular complexity index is 1130. The molecule has 5 N–H and O–H groups in total. The summed E-state index contributed by atoms with van der Waals surface area (Å²) in [4.78, 5) is 22.7. The molecule has 0 aliphatic rings. The number of hydrogen-bond donors (Lipinski definition) is 4. The van der Waals surface area contributed by atoms with E-state index in [1.807, 2.05) is 23.6 Å². The summed E-state index contributed by atoms with van der Waals surface area (Å²) in [6.45, 7) is 1.08. The molecule has 1 aromatic heterocycles. The Morgan fingerprint density at radius 3 is 2.12 bits per heavy atom. The predicted molar refractivity (Wildman–Crippen MR) is 132 cm³/mol. The Morgan fingerprint density at radius 1 is 1.06 bits per heavy atom. The molecule has 180 valence electrons. The number of amidine groups is 1. The van der Waals surface area contributed by atoms with E-state index in [2.05, 4.69) is 5.32 Å². The molecule has 0 aliphatic carbocycles. The zero-order chi connectivity index (χ0) is 25.3. The minimum atomic E-state index is -0.833. The Labute approximate surface area is 201 Å². The minimum absolute atomic E-state index is 0.0223. The number of esters is 1. The van der Waals surface area contributed by atoms with Crippen LogP contribution in [0.25, 0.3) is 10.4 Å². The van der Waals surface area contributed by atoms with Crippen molar-refractivity contribution in [2.45, 2.75) is 13.0 Å². The van der Waals surface area contributed by atoms with Crippen molar-refractivity contribution in [3.05, 3.63) is 65.0 Å². The van der Waals surface area contributed by atoms with Crippen LogP contribution in [0.4, 0.5) is 5.69 Å². The monoisotopic (exact) mass is 485 g/mol. The fourth-order valence-electron chi connectivity index (χ4n) is 3.07. The maximum atomic E-state index is 12.8. The van der Waals surface area contributed by atoms with Crippen LogP contribution in [0.3, 0.4) is 0 Å². The molecule has 0 bridgehead atoms. The number of benzene rings is 2. The van der Waals surface area contributed by atoms with Crippen LogP contribution in [0, 0.1) is 5.41 Å². The number of carboxylic acid groups (broad SMARTS) is 1. The third-order valence-electron chi connectivity index (χ3n) is 4.60. The zero-order valence-corrected chi connectivity index (χ0v) is 20.1. The molecule has 2 aromatic carbocycles. The molecule has 0 amide bonds. The van der Waals surface area contributed by atoms with Crippen LogP contribution < -0.4 is 20.5 Å². The number of anilines is 1. The summed E-state index contributed by atoms with van der Waals surface area (Å²) in [5, 5.41) is 20.1. The molecule has 3 rings (SSSR count). The average molecular weight is 486 g/mol. The number of methoxy groups -OCH3 is 3. The van der Waals surface area contributed by atoms with Gasteiger partial charge in [-0.1, -0.05) is 6.07 Å². The van der Waals surface area contributed by atoms with Crippen LogP contribution in [0.2, 0.25) is 0 Å². The lowest BCUT2D eigenvalue weighted by Crippen LogP contribution is -2.23. The summed E-state index contributed by atoms with van der Waals surface area (Å²) < 4.78 is 16.0.